The molecule has 0 saturated carbocycles. The molecule has 2 heteroatoms. The van der Waals surface area contributed by atoms with Gasteiger partial charge in [-0.05, 0) is 42.0 Å². The van der Waals surface area contributed by atoms with Gasteiger partial charge in [0.1, 0.15) is 11.6 Å². The first-order chi connectivity index (χ1) is 10.6. The van der Waals surface area contributed by atoms with Crippen molar-refractivity contribution < 1.29 is 8.78 Å². The van der Waals surface area contributed by atoms with Crippen molar-refractivity contribution in [2.45, 2.75) is 46.0 Å². The third-order valence-corrected chi connectivity index (χ3v) is 4.15. The van der Waals surface area contributed by atoms with E-state index in [-0.39, 0.29) is 5.56 Å². The lowest BCUT2D eigenvalue weighted by molar-refractivity contribution is 0.469. The van der Waals surface area contributed by atoms with Crippen molar-refractivity contribution in [2.75, 3.05) is 0 Å². The minimum absolute atomic E-state index is 0.0608. The topological polar surface area (TPSA) is 0 Å². The molecular weight excluding hydrogens is 278 g/mol. The lowest BCUT2D eigenvalue weighted by Crippen LogP contribution is -1.96. The molecule has 0 bridgehead atoms. The molecule has 0 aliphatic rings. The summed E-state index contributed by atoms with van der Waals surface area (Å²) in [4.78, 5) is 0. The van der Waals surface area contributed by atoms with Gasteiger partial charge in [-0.25, -0.2) is 8.78 Å². The van der Waals surface area contributed by atoms with E-state index in [0.717, 1.165) is 18.8 Å². The maximum atomic E-state index is 13.8. The number of benzene rings is 2. The quantitative estimate of drug-likeness (QED) is 0.556. The molecule has 0 amide bonds. The van der Waals surface area contributed by atoms with Crippen molar-refractivity contribution in [3.8, 4) is 11.1 Å². The second-order valence-corrected chi connectivity index (χ2v) is 6.08. The SMILES string of the molecule is CCCC(C)CCCc1ccc(-c2c(F)cccc2F)cc1. The van der Waals surface area contributed by atoms with Crippen LogP contribution < -0.4 is 0 Å². The summed E-state index contributed by atoms with van der Waals surface area (Å²) in [6, 6.07) is 11.6. The first-order valence-electron chi connectivity index (χ1n) is 8.15. The van der Waals surface area contributed by atoms with Gasteiger partial charge in [0, 0.05) is 0 Å². The highest BCUT2D eigenvalue weighted by Gasteiger charge is 2.10. The molecule has 1 unspecified atom stereocenters. The molecule has 0 N–H and O–H groups in total. The van der Waals surface area contributed by atoms with Gasteiger partial charge in [0.25, 0.3) is 0 Å². The first kappa shape index (κ1) is 16.7. The summed E-state index contributed by atoms with van der Waals surface area (Å²) in [7, 11) is 0. The molecule has 0 aliphatic carbocycles. The summed E-state index contributed by atoms with van der Waals surface area (Å²) in [6.07, 6.45) is 5.94. The van der Waals surface area contributed by atoms with Crippen LogP contribution in [0.25, 0.3) is 11.1 Å². The summed E-state index contributed by atoms with van der Waals surface area (Å²) in [5.41, 5.74) is 1.88. The van der Waals surface area contributed by atoms with Crippen LogP contribution in [0.4, 0.5) is 8.78 Å². The van der Waals surface area contributed by atoms with Crippen molar-refractivity contribution >= 4 is 0 Å². The predicted octanol–water partition coefficient (Wildman–Crippen LogP) is 6.39. The van der Waals surface area contributed by atoms with E-state index in [1.165, 1.54) is 43.0 Å². The number of hydrogen-bond donors (Lipinski definition) is 0. The fraction of sp³-hybridized carbons (Fsp3) is 0.400. The maximum absolute atomic E-state index is 13.8. The van der Waals surface area contributed by atoms with Crippen LogP contribution in [0.1, 0.15) is 45.1 Å². The zero-order valence-corrected chi connectivity index (χ0v) is 13.4. The summed E-state index contributed by atoms with van der Waals surface area (Å²) in [5.74, 6) is -0.251. The third kappa shape index (κ3) is 4.40. The Kier molecular flexibility index (Phi) is 6.11. The normalized spacial score (nSPS) is 12.4. The van der Waals surface area contributed by atoms with Crippen molar-refractivity contribution in [1.82, 2.24) is 0 Å². The molecule has 0 saturated heterocycles. The predicted molar refractivity (Wildman–Crippen MR) is 88.8 cm³/mol. The molecule has 2 rings (SSSR count). The largest absolute Gasteiger partial charge is 0.206 e. The third-order valence-electron chi connectivity index (χ3n) is 4.15. The van der Waals surface area contributed by atoms with Gasteiger partial charge < -0.3 is 0 Å². The van der Waals surface area contributed by atoms with E-state index >= 15 is 0 Å². The molecule has 0 spiro atoms. The molecule has 0 aromatic heterocycles. The van der Waals surface area contributed by atoms with Crippen molar-refractivity contribution in [2.24, 2.45) is 5.92 Å². The van der Waals surface area contributed by atoms with Crippen molar-refractivity contribution in [3.05, 3.63) is 59.7 Å². The minimum Gasteiger partial charge on any atom is -0.206 e. The molecule has 118 valence electrons. The van der Waals surface area contributed by atoms with Gasteiger partial charge in [-0.3, -0.25) is 0 Å². The van der Waals surface area contributed by atoms with Gasteiger partial charge in [-0.2, -0.15) is 0 Å². The summed E-state index contributed by atoms with van der Waals surface area (Å²) < 4.78 is 27.5. The molecule has 0 heterocycles. The Balaban J connectivity index is 1.99. The molecule has 1 atom stereocenters. The fourth-order valence-electron chi connectivity index (χ4n) is 2.90. The molecule has 0 aliphatic heterocycles. The number of halogens is 2. The number of hydrogen-bond acceptors (Lipinski definition) is 0. The molecule has 22 heavy (non-hydrogen) atoms. The van der Waals surface area contributed by atoms with E-state index in [2.05, 4.69) is 13.8 Å². The van der Waals surface area contributed by atoms with Crippen LogP contribution >= 0.6 is 0 Å². The van der Waals surface area contributed by atoms with Gasteiger partial charge in [0.05, 0.1) is 5.56 Å². The average Bonchev–Trinajstić information content (AvgIpc) is 2.49. The van der Waals surface area contributed by atoms with E-state index in [0.29, 0.717) is 5.56 Å². The fourth-order valence-corrected chi connectivity index (χ4v) is 2.90. The minimum atomic E-state index is -0.513. The summed E-state index contributed by atoms with van der Waals surface area (Å²) >= 11 is 0. The van der Waals surface area contributed by atoms with E-state index in [1.807, 2.05) is 24.3 Å². The molecule has 0 radical (unpaired) electrons. The van der Waals surface area contributed by atoms with Crippen LogP contribution in [0.15, 0.2) is 42.5 Å². The van der Waals surface area contributed by atoms with Crippen LogP contribution in [0.5, 0.6) is 0 Å². The van der Waals surface area contributed by atoms with Crippen molar-refractivity contribution in [3.63, 3.8) is 0 Å². The highest BCUT2D eigenvalue weighted by molar-refractivity contribution is 5.65. The summed E-state index contributed by atoms with van der Waals surface area (Å²) in [6.45, 7) is 4.52. The van der Waals surface area contributed by atoms with E-state index in [1.54, 1.807) is 0 Å². The van der Waals surface area contributed by atoms with Crippen LogP contribution in [0.3, 0.4) is 0 Å². The van der Waals surface area contributed by atoms with Gasteiger partial charge in [-0.15, -0.1) is 0 Å². The molecular formula is C20H24F2. The average molecular weight is 302 g/mol. The highest BCUT2D eigenvalue weighted by Crippen LogP contribution is 2.26. The lowest BCUT2D eigenvalue weighted by atomic mass is 9.96. The first-order valence-corrected chi connectivity index (χ1v) is 8.15. The van der Waals surface area contributed by atoms with Crippen LogP contribution in [0, 0.1) is 17.6 Å². The Labute approximate surface area is 132 Å². The lowest BCUT2D eigenvalue weighted by Gasteiger charge is -2.10. The standard InChI is InChI=1S/C20H24F2/c1-3-6-15(2)7-4-8-16-11-13-17(14-12-16)20-18(21)9-5-10-19(20)22/h5,9-15H,3-4,6-8H2,1-2H3. The second-order valence-electron chi connectivity index (χ2n) is 6.08. The van der Waals surface area contributed by atoms with Crippen LogP contribution in [0.2, 0.25) is 0 Å². The Morgan fingerprint density at radius 1 is 0.909 bits per heavy atom. The molecule has 2 aromatic rings. The Hall–Kier alpha value is -1.70. The number of aryl methyl sites for hydroxylation is 1. The zero-order chi connectivity index (χ0) is 15.9. The highest BCUT2D eigenvalue weighted by atomic mass is 19.1. The van der Waals surface area contributed by atoms with Gasteiger partial charge in [-0.1, -0.05) is 63.4 Å². The maximum Gasteiger partial charge on any atom is 0.133 e. The number of rotatable bonds is 7. The van der Waals surface area contributed by atoms with Gasteiger partial charge in [0.2, 0.25) is 0 Å². The summed E-state index contributed by atoms with van der Waals surface area (Å²) in [5, 5.41) is 0. The molecule has 0 fully saturated rings. The smallest absolute Gasteiger partial charge is 0.133 e. The van der Waals surface area contributed by atoms with Crippen molar-refractivity contribution in [1.29, 1.82) is 0 Å². The molecule has 2 aromatic carbocycles. The van der Waals surface area contributed by atoms with E-state index in [4.69, 9.17) is 0 Å². The Morgan fingerprint density at radius 3 is 2.14 bits per heavy atom. The van der Waals surface area contributed by atoms with Gasteiger partial charge in [0.15, 0.2) is 0 Å². The Bertz CT molecular complexity index is 567. The second kappa shape index (κ2) is 8.07. The Morgan fingerprint density at radius 2 is 1.55 bits per heavy atom. The monoisotopic (exact) mass is 302 g/mol. The van der Waals surface area contributed by atoms with E-state index < -0.39 is 11.6 Å². The molecule has 0 nitrogen and oxygen atoms in total. The van der Waals surface area contributed by atoms with Crippen LogP contribution in [-0.4, -0.2) is 0 Å². The van der Waals surface area contributed by atoms with Gasteiger partial charge >= 0.3 is 0 Å². The van der Waals surface area contributed by atoms with Crippen LogP contribution in [-0.2, 0) is 6.42 Å². The zero-order valence-electron chi connectivity index (χ0n) is 13.4. The van der Waals surface area contributed by atoms with E-state index in [9.17, 15) is 8.78 Å².